The largest absolute Gasteiger partial charge is 0.332 e. The molecule has 1 fully saturated rings. The molecule has 0 bridgehead atoms. The van der Waals surface area contributed by atoms with Gasteiger partial charge in [0.15, 0.2) is 5.11 Å². The van der Waals surface area contributed by atoms with Crippen molar-refractivity contribution in [1.82, 2.24) is 9.80 Å². The van der Waals surface area contributed by atoms with Gasteiger partial charge in [-0.1, -0.05) is 30.3 Å². The standard InChI is InChI=1S/C19H18IN3O2S/c1-22-18(25)16(11-17(24)21-15-9-7-14(20)8-10-15)23(19(22)26)12-13-5-3-2-4-6-13/h2-10,16H,11-12H2,1H3,(H,21,24). The zero-order chi connectivity index (χ0) is 18.7. The highest BCUT2D eigenvalue weighted by molar-refractivity contribution is 14.1. The van der Waals surface area contributed by atoms with Gasteiger partial charge in [0.1, 0.15) is 6.04 Å². The zero-order valence-electron chi connectivity index (χ0n) is 14.2. The molecule has 0 radical (unpaired) electrons. The maximum absolute atomic E-state index is 12.6. The topological polar surface area (TPSA) is 52.7 Å². The fraction of sp³-hybridized carbons (Fsp3) is 0.211. The maximum Gasteiger partial charge on any atom is 0.251 e. The lowest BCUT2D eigenvalue weighted by atomic mass is 10.1. The molecule has 134 valence electrons. The first-order valence-corrected chi connectivity index (χ1v) is 9.62. The Hall–Kier alpha value is -2.00. The Balaban J connectivity index is 1.72. The first kappa shape index (κ1) is 18.8. The van der Waals surface area contributed by atoms with Crippen LogP contribution in [-0.2, 0) is 16.1 Å². The van der Waals surface area contributed by atoms with E-state index in [0.717, 1.165) is 9.13 Å². The summed E-state index contributed by atoms with van der Waals surface area (Å²) in [6.45, 7) is 0.497. The predicted molar refractivity (Wildman–Crippen MR) is 114 cm³/mol. The van der Waals surface area contributed by atoms with E-state index in [0.29, 0.717) is 17.3 Å². The van der Waals surface area contributed by atoms with Gasteiger partial charge in [-0.25, -0.2) is 0 Å². The van der Waals surface area contributed by atoms with E-state index in [4.69, 9.17) is 12.2 Å². The van der Waals surface area contributed by atoms with E-state index in [1.165, 1.54) is 4.90 Å². The number of amides is 2. The minimum absolute atomic E-state index is 0.0577. The van der Waals surface area contributed by atoms with Crippen molar-refractivity contribution >= 4 is 57.4 Å². The Bertz CT molecular complexity index is 826. The Kier molecular flexibility index (Phi) is 5.87. The van der Waals surface area contributed by atoms with Gasteiger partial charge in [-0.3, -0.25) is 14.5 Å². The summed E-state index contributed by atoms with van der Waals surface area (Å²) in [5.41, 5.74) is 1.76. The van der Waals surface area contributed by atoms with Crippen LogP contribution in [0.3, 0.4) is 0 Å². The van der Waals surface area contributed by atoms with Crippen LogP contribution in [0.2, 0.25) is 0 Å². The maximum atomic E-state index is 12.6. The predicted octanol–water partition coefficient (Wildman–Crippen LogP) is 3.25. The van der Waals surface area contributed by atoms with Gasteiger partial charge in [0.2, 0.25) is 5.91 Å². The summed E-state index contributed by atoms with van der Waals surface area (Å²) in [4.78, 5) is 28.3. The highest BCUT2D eigenvalue weighted by Crippen LogP contribution is 2.23. The molecule has 3 rings (SSSR count). The lowest BCUT2D eigenvalue weighted by molar-refractivity contribution is -0.130. The van der Waals surface area contributed by atoms with E-state index in [-0.39, 0.29) is 18.2 Å². The number of carbonyl (C=O) groups is 2. The highest BCUT2D eigenvalue weighted by atomic mass is 127. The number of nitrogens with zero attached hydrogens (tertiary/aromatic N) is 2. The van der Waals surface area contributed by atoms with Crippen LogP contribution in [0.5, 0.6) is 0 Å². The summed E-state index contributed by atoms with van der Waals surface area (Å²) in [6, 6.07) is 16.7. The van der Waals surface area contributed by atoms with Crippen molar-refractivity contribution in [3.63, 3.8) is 0 Å². The van der Waals surface area contributed by atoms with E-state index < -0.39 is 6.04 Å². The number of thiocarbonyl (C=S) groups is 1. The molecule has 7 heteroatoms. The van der Waals surface area contributed by atoms with Crippen LogP contribution >= 0.6 is 34.8 Å². The Labute approximate surface area is 171 Å². The zero-order valence-corrected chi connectivity index (χ0v) is 17.2. The number of anilines is 1. The van der Waals surface area contributed by atoms with Crippen LogP contribution in [0.4, 0.5) is 5.69 Å². The fourth-order valence-electron chi connectivity index (χ4n) is 2.85. The molecular formula is C19H18IN3O2S. The number of rotatable bonds is 5. The van der Waals surface area contributed by atoms with Crippen molar-refractivity contribution in [2.24, 2.45) is 0 Å². The molecule has 0 aliphatic carbocycles. The van der Waals surface area contributed by atoms with Crippen molar-refractivity contribution in [1.29, 1.82) is 0 Å². The van der Waals surface area contributed by atoms with E-state index in [1.807, 2.05) is 59.5 Å². The monoisotopic (exact) mass is 479 g/mol. The molecule has 1 aliphatic heterocycles. The molecule has 0 saturated carbocycles. The molecule has 2 aromatic rings. The van der Waals surface area contributed by atoms with Gasteiger partial charge in [-0.2, -0.15) is 0 Å². The van der Waals surface area contributed by atoms with Crippen molar-refractivity contribution in [3.8, 4) is 0 Å². The quantitative estimate of drug-likeness (QED) is 0.529. The number of halogens is 1. The minimum Gasteiger partial charge on any atom is -0.332 e. The molecule has 1 heterocycles. The van der Waals surface area contributed by atoms with Gasteiger partial charge in [0.05, 0.1) is 6.42 Å². The smallest absolute Gasteiger partial charge is 0.251 e. The van der Waals surface area contributed by atoms with Crippen molar-refractivity contribution in [2.45, 2.75) is 19.0 Å². The summed E-state index contributed by atoms with van der Waals surface area (Å²) in [6.07, 6.45) is 0.0577. The van der Waals surface area contributed by atoms with Crippen molar-refractivity contribution in [3.05, 3.63) is 63.7 Å². The fourth-order valence-corrected chi connectivity index (χ4v) is 3.49. The Morgan fingerprint density at radius 1 is 1.15 bits per heavy atom. The van der Waals surface area contributed by atoms with Crippen molar-refractivity contribution in [2.75, 3.05) is 12.4 Å². The first-order chi connectivity index (χ1) is 12.5. The molecule has 0 aromatic heterocycles. The molecule has 1 aliphatic rings. The van der Waals surface area contributed by atoms with Crippen LogP contribution in [-0.4, -0.2) is 39.8 Å². The van der Waals surface area contributed by atoms with Crippen LogP contribution in [0, 0.1) is 3.57 Å². The Morgan fingerprint density at radius 2 is 1.81 bits per heavy atom. The van der Waals surface area contributed by atoms with Gasteiger partial charge < -0.3 is 10.2 Å². The number of hydrogen-bond acceptors (Lipinski definition) is 3. The number of hydrogen-bond donors (Lipinski definition) is 1. The van der Waals surface area contributed by atoms with Gasteiger partial charge in [0, 0.05) is 22.8 Å². The van der Waals surface area contributed by atoms with E-state index >= 15 is 0 Å². The van der Waals surface area contributed by atoms with Crippen LogP contribution in [0.15, 0.2) is 54.6 Å². The number of carbonyl (C=O) groups excluding carboxylic acids is 2. The third-order valence-electron chi connectivity index (χ3n) is 4.23. The van der Waals surface area contributed by atoms with Gasteiger partial charge in [0.25, 0.3) is 5.91 Å². The lowest BCUT2D eigenvalue weighted by Gasteiger charge is -2.23. The number of benzene rings is 2. The second-order valence-corrected chi connectivity index (χ2v) is 7.68. The second kappa shape index (κ2) is 8.13. The summed E-state index contributed by atoms with van der Waals surface area (Å²) < 4.78 is 1.09. The third kappa shape index (κ3) is 4.21. The minimum atomic E-state index is -0.587. The molecule has 2 amide bonds. The normalized spacial score (nSPS) is 16.9. The SMILES string of the molecule is CN1C(=O)C(CC(=O)Nc2ccc(I)cc2)N(Cc2ccccc2)C1=S. The average molecular weight is 479 g/mol. The Morgan fingerprint density at radius 3 is 2.46 bits per heavy atom. The first-order valence-electron chi connectivity index (χ1n) is 8.13. The molecule has 1 atom stereocenters. The van der Waals surface area contributed by atoms with Gasteiger partial charge in [-0.15, -0.1) is 0 Å². The third-order valence-corrected chi connectivity index (χ3v) is 5.45. The van der Waals surface area contributed by atoms with Gasteiger partial charge in [-0.05, 0) is 64.6 Å². The highest BCUT2D eigenvalue weighted by Gasteiger charge is 2.41. The molecule has 1 N–H and O–H groups in total. The molecule has 1 saturated heterocycles. The van der Waals surface area contributed by atoms with E-state index in [1.54, 1.807) is 7.05 Å². The number of nitrogens with one attached hydrogen (secondary N) is 1. The molecule has 26 heavy (non-hydrogen) atoms. The summed E-state index contributed by atoms with van der Waals surface area (Å²) in [7, 11) is 1.65. The second-order valence-electron chi connectivity index (χ2n) is 6.07. The summed E-state index contributed by atoms with van der Waals surface area (Å²) in [5, 5.41) is 3.30. The molecule has 1 unspecified atom stereocenters. The van der Waals surface area contributed by atoms with E-state index in [2.05, 4.69) is 27.9 Å². The molecule has 2 aromatic carbocycles. The summed E-state index contributed by atoms with van der Waals surface area (Å²) in [5.74, 6) is -0.357. The van der Waals surface area contributed by atoms with Crippen LogP contribution in [0.1, 0.15) is 12.0 Å². The van der Waals surface area contributed by atoms with Crippen LogP contribution in [0.25, 0.3) is 0 Å². The van der Waals surface area contributed by atoms with Gasteiger partial charge >= 0.3 is 0 Å². The molecule has 0 spiro atoms. The molecular weight excluding hydrogens is 461 g/mol. The van der Waals surface area contributed by atoms with Crippen LogP contribution < -0.4 is 5.32 Å². The number of likely N-dealkylation sites (N-methyl/N-ethyl adjacent to an activating group) is 1. The van der Waals surface area contributed by atoms with E-state index in [9.17, 15) is 9.59 Å². The average Bonchev–Trinajstić information content (AvgIpc) is 2.83. The van der Waals surface area contributed by atoms with Crippen molar-refractivity contribution < 1.29 is 9.59 Å². The molecule has 5 nitrogen and oxygen atoms in total. The lowest BCUT2D eigenvalue weighted by Crippen LogP contribution is -2.37. The summed E-state index contributed by atoms with van der Waals surface area (Å²) >= 11 is 7.62.